The van der Waals surface area contributed by atoms with E-state index >= 15 is 0 Å². The highest BCUT2D eigenvalue weighted by Gasteiger charge is 2.34. The molecule has 6 heteroatoms. The second-order valence-electron chi connectivity index (χ2n) is 9.39. The van der Waals surface area contributed by atoms with Crippen molar-refractivity contribution in [1.82, 2.24) is 15.2 Å². The first kappa shape index (κ1) is 23.0. The molecule has 1 unspecified atom stereocenters. The lowest BCUT2D eigenvalue weighted by Gasteiger charge is -2.32. The first-order valence-electron chi connectivity index (χ1n) is 12.3. The van der Waals surface area contributed by atoms with E-state index < -0.39 is 6.04 Å². The number of carbonyl (C=O) groups is 2. The molecule has 6 nitrogen and oxygen atoms in total. The van der Waals surface area contributed by atoms with Crippen molar-refractivity contribution in [2.24, 2.45) is 0 Å². The molecule has 1 aliphatic carbocycles. The molecule has 0 bridgehead atoms. The van der Waals surface area contributed by atoms with Gasteiger partial charge in [0, 0.05) is 23.1 Å². The molecule has 2 N–H and O–H groups in total. The van der Waals surface area contributed by atoms with E-state index in [1.165, 1.54) is 0 Å². The number of hydrogen-bond donors (Lipinski definition) is 2. The van der Waals surface area contributed by atoms with Crippen LogP contribution in [0.2, 0.25) is 0 Å². The van der Waals surface area contributed by atoms with E-state index in [-0.39, 0.29) is 30.8 Å². The third-order valence-corrected chi connectivity index (χ3v) is 6.99. The van der Waals surface area contributed by atoms with Gasteiger partial charge in [0.15, 0.2) is 0 Å². The molecule has 2 aromatic heterocycles. The maximum Gasteiger partial charge on any atom is 0.247 e. The van der Waals surface area contributed by atoms with Crippen LogP contribution in [-0.2, 0) is 22.6 Å². The largest absolute Gasteiger partial charge is 0.467 e. The summed E-state index contributed by atoms with van der Waals surface area (Å²) in [6.45, 7) is 2.20. The summed E-state index contributed by atoms with van der Waals surface area (Å²) in [6, 6.07) is 18.8. The van der Waals surface area contributed by atoms with Crippen LogP contribution in [0.25, 0.3) is 10.9 Å². The third kappa shape index (κ3) is 5.02. The number of nitrogens with one attached hydrogen (secondary N) is 2. The normalized spacial score (nSPS) is 14.8. The van der Waals surface area contributed by atoms with E-state index in [1.807, 2.05) is 67.7 Å². The second-order valence-corrected chi connectivity index (χ2v) is 9.39. The maximum absolute atomic E-state index is 13.9. The van der Waals surface area contributed by atoms with Crippen molar-refractivity contribution < 1.29 is 14.0 Å². The van der Waals surface area contributed by atoms with Gasteiger partial charge in [0.2, 0.25) is 11.8 Å². The highest BCUT2D eigenvalue weighted by atomic mass is 16.3. The van der Waals surface area contributed by atoms with Crippen LogP contribution in [0.3, 0.4) is 0 Å². The van der Waals surface area contributed by atoms with E-state index in [4.69, 9.17) is 4.42 Å². The zero-order valence-electron chi connectivity index (χ0n) is 20.0. The molecule has 2 aromatic carbocycles. The van der Waals surface area contributed by atoms with E-state index in [0.29, 0.717) is 5.76 Å². The van der Waals surface area contributed by atoms with Crippen LogP contribution in [0.5, 0.6) is 0 Å². The standard InChI is InChI=1S/C29H31N3O3/c1-20-9-2-5-13-24(20)28(29(34)31-22-10-3-4-11-22)32(19-23-12-8-16-35-23)27(33)17-21-18-30-26-15-7-6-14-25(21)26/h2,5-9,12-16,18,22,28,30H,3-4,10-11,17,19H2,1H3,(H,31,34). The summed E-state index contributed by atoms with van der Waals surface area (Å²) < 4.78 is 5.62. The van der Waals surface area contributed by atoms with Crippen LogP contribution in [-0.4, -0.2) is 27.7 Å². The Kier molecular flexibility index (Phi) is 6.70. The van der Waals surface area contributed by atoms with Gasteiger partial charge in [-0.3, -0.25) is 9.59 Å². The number of carbonyl (C=O) groups excluding carboxylic acids is 2. The number of rotatable bonds is 8. The van der Waals surface area contributed by atoms with Gasteiger partial charge in [0.1, 0.15) is 11.8 Å². The summed E-state index contributed by atoms with van der Waals surface area (Å²) in [5, 5.41) is 4.25. The van der Waals surface area contributed by atoms with Gasteiger partial charge in [-0.25, -0.2) is 0 Å². The average molecular weight is 470 g/mol. The van der Waals surface area contributed by atoms with Crippen molar-refractivity contribution in [1.29, 1.82) is 0 Å². The Morgan fingerprint density at radius 3 is 2.60 bits per heavy atom. The molecular formula is C29H31N3O3. The Hall–Kier alpha value is -3.80. The van der Waals surface area contributed by atoms with Crippen LogP contribution in [0.15, 0.2) is 77.5 Å². The summed E-state index contributed by atoms with van der Waals surface area (Å²) in [4.78, 5) is 32.7. The summed E-state index contributed by atoms with van der Waals surface area (Å²) in [6.07, 6.45) is 7.87. The number of para-hydroxylation sites is 1. The minimum absolute atomic E-state index is 0.124. The zero-order valence-corrected chi connectivity index (χ0v) is 20.0. The fourth-order valence-electron chi connectivity index (χ4n) is 5.13. The van der Waals surface area contributed by atoms with Crippen molar-refractivity contribution >= 4 is 22.7 Å². The van der Waals surface area contributed by atoms with Gasteiger partial charge in [0.25, 0.3) is 0 Å². The Morgan fingerprint density at radius 1 is 1.06 bits per heavy atom. The number of furan rings is 1. The summed E-state index contributed by atoms with van der Waals surface area (Å²) in [5.74, 6) is 0.385. The monoisotopic (exact) mass is 469 g/mol. The van der Waals surface area contributed by atoms with Gasteiger partial charge in [0.05, 0.1) is 19.2 Å². The fraction of sp³-hybridized carbons (Fsp3) is 0.310. The first-order chi connectivity index (χ1) is 17.1. The van der Waals surface area contributed by atoms with Gasteiger partial charge in [-0.15, -0.1) is 0 Å². The molecular weight excluding hydrogens is 438 g/mol. The topological polar surface area (TPSA) is 78.3 Å². The number of benzene rings is 2. The Balaban J connectivity index is 1.52. The molecule has 0 saturated heterocycles. The molecule has 2 heterocycles. The summed E-state index contributed by atoms with van der Waals surface area (Å²) in [7, 11) is 0. The molecule has 0 aliphatic heterocycles. The van der Waals surface area contributed by atoms with Crippen LogP contribution in [0, 0.1) is 6.92 Å². The molecule has 0 radical (unpaired) electrons. The zero-order chi connectivity index (χ0) is 24.2. The average Bonchev–Trinajstić information content (AvgIpc) is 3.63. The molecule has 2 amide bonds. The highest BCUT2D eigenvalue weighted by molar-refractivity contribution is 5.92. The van der Waals surface area contributed by atoms with E-state index in [1.54, 1.807) is 17.2 Å². The van der Waals surface area contributed by atoms with E-state index in [9.17, 15) is 9.59 Å². The second kappa shape index (κ2) is 10.2. The van der Waals surface area contributed by atoms with Crippen LogP contribution >= 0.6 is 0 Å². The van der Waals surface area contributed by atoms with Crippen molar-refractivity contribution in [2.45, 2.75) is 57.7 Å². The first-order valence-corrected chi connectivity index (χ1v) is 12.3. The number of aryl methyl sites for hydroxylation is 1. The van der Waals surface area contributed by atoms with Crippen LogP contribution in [0.4, 0.5) is 0 Å². The SMILES string of the molecule is Cc1ccccc1C(C(=O)NC1CCCC1)N(Cc1ccco1)C(=O)Cc1c[nH]c2ccccc12. The molecule has 1 fully saturated rings. The molecule has 0 spiro atoms. The summed E-state index contributed by atoms with van der Waals surface area (Å²) in [5.41, 5.74) is 3.71. The lowest BCUT2D eigenvalue weighted by molar-refractivity contribution is -0.141. The predicted octanol–water partition coefficient (Wildman–Crippen LogP) is 5.44. The molecule has 1 saturated carbocycles. The molecule has 180 valence electrons. The molecule has 5 rings (SSSR count). The quantitative estimate of drug-likeness (QED) is 0.361. The molecule has 1 aliphatic rings. The molecule has 4 aromatic rings. The van der Waals surface area contributed by atoms with Crippen molar-refractivity contribution in [3.05, 3.63) is 95.6 Å². The Bertz CT molecular complexity index is 1300. The number of fused-ring (bicyclic) bond motifs is 1. The minimum atomic E-state index is -0.750. The van der Waals surface area contributed by atoms with Crippen LogP contribution in [0.1, 0.15) is 54.2 Å². The molecule has 35 heavy (non-hydrogen) atoms. The van der Waals surface area contributed by atoms with Gasteiger partial charge in [-0.05, 0) is 54.7 Å². The number of hydrogen-bond acceptors (Lipinski definition) is 3. The highest BCUT2D eigenvalue weighted by Crippen LogP contribution is 2.29. The molecule has 1 atom stereocenters. The van der Waals surface area contributed by atoms with Crippen molar-refractivity contribution in [2.75, 3.05) is 0 Å². The number of aromatic amines is 1. The van der Waals surface area contributed by atoms with Crippen molar-refractivity contribution in [3.8, 4) is 0 Å². The number of amides is 2. The number of aromatic nitrogens is 1. The van der Waals surface area contributed by atoms with Gasteiger partial charge < -0.3 is 19.6 Å². The maximum atomic E-state index is 13.9. The number of H-pyrrole nitrogens is 1. The minimum Gasteiger partial charge on any atom is -0.467 e. The van der Waals surface area contributed by atoms with Crippen molar-refractivity contribution in [3.63, 3.8) is 0 Å². The summed E-state index contributed by atoms with van der Waals surface area (Å²) >= 11 is 0. The van der Waals surface area contributed by atoms with Gasteiger partial charge in [-0.2, -0.15) is 0 Å². The third-order valence-electron chi connectivity index (χ3n) is 6.99. The Labute approximate surface area is 205 Å². The lowest BCUT2D eigenvalue weighted by Crippen LogP contribution is -2.46. The smallest absolute Gasteiger partial charge is 0.247 e. The van der Waals surface area contributed by atoms with E-state index in [2.05, 4.69) is 10.3 Å². The van der Waals surface area contributed by atoms with Gasteiger partial charge in [-0.1, -0.05) is 55.3 Å². The number of nitrogens with zero attached hydrogens (tertiary/aromatic N) is 1. The lowest BCUT2D eigenvalue weighted by atomic mass is 9.97. The van der Waals surface area contributed by atoms with Crippen LogP contribution < -0.4 is 5.32 Å². The fourth-order valence-corrected chi connectivity index (χ4v) is 5.13. The van der Waals surface area contributed by atoms with E-state index in [0.717, 1.165) is 53.3 Å². The predicted molar refractivity (Wildman–Crippen MR) is 136 cm³/mol. The van der Waals surface area contributed by atoms with Gasteiger partial charge >= 0.3 is 0 Å². The Morgan fingerprint density at radius 2 is 1.83 bits per heavy atom.